The Morgan fingerprint density at radius 3 is 2.65 bits per heavy atom. The third-order valence-electron chi connectivity index (χ3n) is 2.88. The fourth-order valence-electron chi connectivity index (χ4n) is 1.92. The first-order valence-electron chi connectivity index (χ1n) is 5.73. The second kappa shape index (κ2) is 5.17. The van der Waals surface area contributed by atoms with Gasteiger partial charge in [-0.1, -0.05) is 29.3 Å². The van der Waals surface area contributed by atoms with E-state index in [2.05, 4.69) is 0 Å². The number of halogens is 3. The lowest BCUT2D eigenvalue weighted by atomic mass is 10.1. The van der Waals surface area contributed by atoms with E-state index >= 15 is 0 Å². The van der Waals surface area contributed by atoms with Crippen LogP contribution < -0.4 is 0 Å². The standard InChI is InChI=1S/C15H7Cl2FOS/c16-9-2-4-12(17)11(6-9)15(19)14-5-8-1-3-10(18)7-13(8)20-14/h1-7H. The van der Waals surface area contributed by atoms with Gasteiger partial charge in [-0.2, -0.15) is 0 Å². The molecule has 20 heavy (non-hydrogen) atoms. The lowest BCUT2D eigenvalue weighted by Crippen LogP contribution is -1.99. The normalized spacial score (nSPS) is 10.9. The molecule has 0 saturated heterocycles. The van der Waals surface area contributed by atoms with Gasteiger partial charge in [0, 0.05) is 15.3 Å². The highest BCUT2D eigenvalue weighted by Crippen LogP contribution is 2.30. The van der Waals surface area contributed by atoms with Crippen molar-refractivity contribution in [2.24, 2.45) is 0 Å². The molecule has 0 fully saturated rings. The Balaban J connectivity index is 2.10. The van der Waals surface area contributed by atoms with E-state index in [-0.39, 0.29) is 11.6 Å². The molecular weight excluding hydrogens is 318 g/mol. The molecule has 0 unspecified atom stereocenters. The number of carbonyl (C=O) groups excluding carboxylic acids is 1. The molecule has 0 aliphatic rings. The molecule has 0 bridgehead atoms. The molecule has 0 radical (unpaired) electrons. The molecule has 100 valence electrons. The fourth-order valence-corrected chi connectivity index (χ4v) is 3.34. The van der Waals surface area contributed by atoms with Gasteiger partial charge < -0.3 is 0 Å². The quantitative estimate of drug-likeness (QED) is 0.562. The number of hydrogen-bond acceptors (Lipinski definition) is 2. The highest BCUT2D eigenvalue weighted by atomic mass is 35.5. The van der Waals surface area contributed by atoms with Crippen LogP contribution in [0.15, 0.2) is 42.5 Å². The van der Waals surface area contributed by atoms with E-state index in [0.29, 0.717) is 20.5 Å². The highest BCUT2D eigenvalue weighted by Gasteiger charge is 2.16. The zero-order valence-corrected chi connectivity index (χ0v) is 12.3. The Kier molecular flexibility index (Phi) is 3.50. The molecule has 0 aliphatic carbocycles. The zero-order chi connectivity index (χ0) is 14.3. The summed E-state index contributed by atoms with van der Waals surface area (Å²) in [7, 11) is 0. The summed E-state index contributed by atoms with van der Waals surface area (Å²) in [6.45, 7) is 0. The molecule has 1 aromatic heterocycles. The Hall–Kier alpha value is -1.42. The summed E-state index contributed by atoms with van der Waals surface area (Å²) in [6, 6.07) is 10.9. The van der Waals surface area contributed by atoms with Crippen LogP contribution in [0.2, 0.25) is 10.0 Å². The molecule has 3 rings (SSSR count). The van der Waals surface area contributed by atoms with E-state index < -0.39 is 0 Å². The van der Waals surface area contributed by atoms with Gasteiger partial charge in [-0.05, 0) is 41.8 Å². The molecule has 0 saturated carbocycles. The monoisotopic (exact) mass is 324 g/mol. The van der Waals surface area contributed by atoms with E-state index in [1.165, 1.54) is 29.5 Å². The first-order chi connectivity index (χ1) is 9.54. The molecular formula is C15H7Cl2FOS. The molecule has 0 spiro atoms. The van der Waals surface area contributed by atoms with Crippen molar-refractivity contribution in [2.75, 3.05) is 0 Å². The van der Waals surface area contributed by atoms with E-state index in [0.717, 1.165) is 10.1 Å². The predicted molar refractivity (Wildman–Crippen MR) is 81.7 cm³/mol. The number of benzene rings is 2. The van der Waals surface area contributed by atoms with Gasteiger partial charge in [-0.25, -0.2) is 4.39 Å². The minimum Gasteiger partial charge on any atom is -0.288 e. The molecule has 0 atom stereocenters. The summed E-state index contributed by atoms with van der Waals surface area (Å²) in [6.07, 6.45) is 0. The van der Waals surface area contributed by atoms with Crippen LogP contribution in [-0.2, 0) is 0 Å². The summed E-state index contributed by atoms with van der Waals surface area (Å²) in [5.41, 5.74) is 0.353. The van der Waals surface area contributed by atoms with Gasteiger partial charge in [0.2, 0.25) is 5.78 Å². The average molecular weight is 325 g/mol. The smallest absolute Gasteiger partial charge is 0.204 e. The molecule has 0 N–H and O–H groups in total. The number of thiophene rings is 1. The second-order valence-corrected chi connectivity index (χ2v) is 6.17. The van der Waals surface area contributed by atoms with Crippen LogP contribution >= 0.6 is 34.5 Å². The van der Waals surface area contributed by atoms with Crippen LogP contribution in [0.5, 0.6) is 0 Å². The number of fused-ring (bicyclic) bond motifs is 1. The van der Waals surface area contributed by atoms with Crippen molar-refractivity contribution in [3.8, 4) is 0 Å². The van der Waals surface area contributed by atoms with Crippen molar-refractivity contribution in [1.29, 1.82) is 0 Å². The van der Waals surface area contributed by atoms with Gasteiger partial charge in [-0.3, -0.25) is 4.79 Å². The minimum absolute atomic E-state index is 0.209. The Morgan fingerprint density at radius 1 is 1.05 bits per heavy atom. The maximum Gasteiger partial charge on any atom is 0.204 e. The second-order valence-electron chi connectivity index (χ2n) is 4.25. The van der Waals surface area contributed by atoms with Crippen LogP contribution in [-0.4, -0.2) is 5.78 Å². The SMILES string of the molecule is O=C(c1cc2ccc(F)cc2s1)c1cc(Cl)ccc1Cl. The van der Waals surface area contributed by atoms with E-state index in [9.17, 15) is 9.18 Å². The maximum absolute atomic E-state index is 13.2. The fraction of sp³-hybridized carbons (Fsp3) is 0. The van der Waals surface area contributed by atoms with Crippen LogP contribution in [0.25, 0.3) is 10.1 Å². The number of hydrogen-bond donors (Lipinski definition) is 0. The van der Waals surface area contributed by atoms with Crippen molar-refractivity contribution in [3.63, 3.8) is 0 Å². The highest BCUT2D eigenvalue weighted by molar-refractivity contribution is 7.21. The van der Waals surface area contributed by atoms with Crippen molar-refractivity contribution in [3.05, 3.63) is 68.8 Å². The van der Waals surface area contributed by atoms with Crippen molar-refractivity contribution >= 4 is 50.4 Å². The summed E-state index contributed by atoms with van der Waals surface area (Å²) in [5.74, 6) is -0.529. The van der Waals surface area contributed by atoms with Gasteiger partial charge in [-0.15, -0.1) is 11.3 Å². The Bertz CT molecular complexity index is 826. The third kappa shape index (κ3) is 2.44. The molecule has 1 heterocycles. The van der Waals surface area contributed by atoms with Gasteiger partial charge in [0.25, 0.3) is 0 Å². The Labute approximate surface area is 128 Å². The summed E-state index contributed by atoms with van der Waals surface area (Å²) in [4.78, 5) is 13.0. The van der Waals surface area contributed by atoms with E-state index in [1.54, 1.807) is 24.3 Å². The van der Waals surface area contributed by atoms with Gasteiger partial charge in [0.1, 0.15) is 5.82 Å². The topological polar surface area (TPSA) is 17.1 Å². The summed E-state index contributed by atoms with van der Waals surface area (Å²) in [5, 5.41) is 1.63. The van der Waals surface area contributed by atoms with Crippen molar-refractivity contribution in [2.45, 2.75) is 0 Å². The lowest BCUT2D eigenvalue weighted by molar-refractivity contribution is 0.104. The molecule has 5 heteroatoms. The first-order valence-corrected chi connectivity index (χ1v) is 7.31. The first kappa shape index (κ1) is 13.6. The number of rotatable bonds is 2. The summed E-state index contributed by atoms with van der Waals surface area (Å²) < 4.78 is 13.9. The number of carbonyl (C=O) groups is 1. The zero-order valence-electron chi connectivity index (χ0n) is 9.99. The van der Waals surface area contributed by atoms with Gasteiger partial charge >= 0.3 is 0 Å². The van der Waals surface area contributed by atoms with Crippen molar-refractivity contribution in [1.82, 2.24) is 0 Å². The summed E-state index contributed by atoms with van der Waals surface area (Å²) >= 11 is 13.2. The lowest BCUT2D eigenvalue weighted by Gasteiger charge is -2.01. The minimum atomic E-state index is -0.320. The molecule has 3 aromatic rings. The largest absolute Gasteiger partial charge is 0.288 e. The van der Waals surface area contributed by atoms with Crippen LogP contribution in [0.3, 0.4) is 0 Å². The van der Waals surface area contributed by atoms with Crippen molar-refractivity contribution < 1.29 is 9.18 Å². The molecule has 0 amide bonds. The van der Waals surface area contributed by atoms with Gasteiger partial charge in [0.15, 0.2) is 0 Å². The number of ketones is 1. The molecule has 0 aliphatic heterocycles. The van der Waals surface area contributed by atoms with Gasteiger partial charge in [0.05, 0.1) is 9.90 Å². The predicted octanol–water partition coefficient (Wildman–Crippen LogP) is 5.58. The van der Waals surface area contributed by atoms with Crippen LogP contribution in [0.4, 0.5) is 4.39 Å². The third-order valence-corrected chi connectivity index (χ3v) is 4.54. The van der Waals surface area contributed by atoms with Crippen LogP contribution in [0.1, 0.15) is 15.2 Å². The van der Waals surface area contributed by atoms with E-state index in [4.69, 9.17) is 23.2 Å². The Morgan fingerprint density at radius 2 is 1.85 bits per heavy atom. The molecule has 1 nitrogen and oxygen atoms in total. The van der Waals surface area contributed by atoms with E-state index in [1.807, 2.05) is 0 Å². The van der Waals surface area contributed by atoms with Crippen LogP contribution in [0, 0.1) is 5.82 Å². The average Bonchev–Trinajstić information content (AvgIpc) is 2.83. The molecule has 2 aromatic carbocycles. The maximum atomic E-state index is 13.2.